The van der Waals surface area contributed by atoms with E-state index in [1.165, 1.54) is 0 Å². The van der Waals surface area contributed by atoms with E-state index in [4.69, 9.17) is 0 Å². The van der Waals surface area contributed by atoms with Crippen molar-refractivity contribution in [1.29, 1.82) is 0 Å². The molecule has 5 rings (SSSR count). The van der Waals surface area contributed by atoms with Crippen molar-refractivity contribution in [3.8, 4) is 21.1 Å². The first kappa shape index (κ1) is 36.0. The highest BCUT2D eigenvalue weighted by atomic mass is 32.1. The molecule has 4 nitrogen and oxygen atoms in total. The van der Waals surface area contributed by atoms with Crippen LogP contribution in [0.25, 0.3) is 42.7 Å². The number of halogens is 8. The van der Waals surface area contributed by atoms with Gasteiger partial charge in [-0.3, -0.25) is 0 Å². The van der Waals surface area contributed by atoms with Crippen LogP contribution in [-0.4, -0.2) is 20.4 Å². The number of aryl methyl sites for hydroxylation is 2. The number of nitrogens with zero attached hydrogens (tertiary/aromatic N) is 4. The third-order valence-electron chi connectivity index (χ3n) is 8.37. The second-order valence-electron chi connectivity index (χ2n) is 11.8. The first-order valence-electron chi connectivity index (χ1n) is 16.2. The van der Waals surface area contributed by atoms with Crippen LogP contribution >= 0.6 is 22.7 Å². The molecule has 0 atom stereocenters. The van der Waals surface area contributed by atoms with Crippen molar-refractivity contribution in [2.75, 3.05) is 0 Å². The van der Waals surface area contributed by atoms with Gasteiger partial charge in [-0.25, -0.2) is 35.1 Å². The average Bonchev–Trinajstić information content (AvgIpc) is 3.73. The van der Waals surface area contributed by atoms with Crippen LogP contribution < -0.4 is 0 Å². The van der Waals surface area contributed by atoms with Gasteiger partial charge in [-0.15, -0.1) is 20.4 Å². The molecule has 0 fully saturated rings. The zero-order chi connectivity index (χ0) is 34.5. The van der Waals surface area contributed by atoms with E-state index in [2.05, 4.69) is 34.2 Å². The van der Waals surface area contributed by atoms with E-state index in [1.807, 2.05) is 0 Å². The zero-order valence-corrected chi connectivity index (χ0v) is 28.2. The summed E-state index contributed by atoms with van der Waals surface area (Å²) in [7, 11) is 0. The normalized spacial score (nSPS) is 11.9. The molecule has 0 spiro atoms. The number of hydrogen-bond acceptors (Lipinski definition) is 6. The number of aromatic nitrogens is 4. The molecule has 0 aliphatic carbocycles. The van der Waals surface area contributed by atoms with Gasteiger partial charge in [0, 0.05) is 12.8 Å². The molecular formula is C34H34F8N4S2. The van der Waals surface area contributed by atoms with Crippen LogP contribution in [0.5, 0.6) is 0 Å². The van der Waals surface area contributed by atoms with E-state index < -0.39 is 89.2 Å². The highest BCUT2D eigenvalue weighted by Crippen LogP contribution is 2.44. The molecule has 14 heteroatoms. The van der Waals surface area contributed by atoms with Gasteiger partial charge in [-0.1, -0.05) is 101 Å². The summed E-state index contributed by atoms with van der Waals surface area (Å²) >= 11 is 1.50. The fourth-order valence-corrected chi connectivity index (χ4v) is 7.62. The van der Waals surface area contributed by atoms with Crippen LogP contribution in [-0.2, 0) is 12.8 Å². The summed E-state index contributed by atoms with van der Waals surface area (Å²) in [6.45, 7) is 4.19. The van der Waals surface area contributed by atoms with Gasteiger partial charge in [0.2, 0.25) is 0 Å². The third kappa shape index (κ3) is 7.05. The second kappa shape index (κ2) is 16.0. The number of rotatable bonds is 16. The van der Waals surface area contributed by atoms with Crippen molar-refractivity contribution < 1.29 is 35.1 Å². The molecule has 0 saturated carbocycles. The summed E-state index contributed by atoms with van der Waals surface area (Å²) in [5.41, 5.74) is -2.26. The Kier molecular flexibility index (Phi) is 12.0. The average molecular weight is 715 g/mol. The zero-order valence-electron chi connectivity index (χ0n) is 26.5. The van der Waals surface area contributed by atoms with Crippen LogP contribution in [0.3, 0.4) is 0 Å². The first-order chi connectivity index (χ1) is 23.1. The first-order valence-corrected chi connectivity index (χ1v) is 17.9. The van der Waals surface area contributed by atoms with Gasteiger partial charge in [0.25, 0.3) is 0 Å². The highest BCUT2D eigenvalue weighted by molar-refractivity contribution is 7.15. The Morgan fingerprint density at radius 2 is 0.708 bits per heavy atom. The van der Waals surface area contributed by atoms with Crippen molar-refractivity contribution in [2.24, 2.45) is 0 Å². The molecule has 5 aromatic rings. The van der Waals surface area contributed by atoms with Gasteiger partial charge in [-0.2, -0.15) is 0 Å². The fourth-order valence-electron chi connectivity index (χ4n) is 5.80. The summed E-state index contributed by atoms with van der Waals surface area (Å²) in [6.07, 6.45) is 12.6. The van der Waals surface area contributed by atoms with Crippen LogP contribution in [0.1, 0.15) is 101 Å². The van der Waals surface area contributed by atoms with Gasteiger partial charge >= 0.3 is 0 Å². The highest BCUT2D eigenvalue weighted by Gasteiger charge is 2.34. The number of hydrogen-bond donors (Lipinski definition) is 0. The molecule has 48 heavy (non-hydrogen) atoms. The largest absolute Gasteiger partial charge is 0.205 e. The Bertz CT molecular complexity index is 1790. The molecule has 0 N–H and O–H groups in total. The molecule has 2 heterocycles. The van der Waals surface area contributed by atoms with Crippen molar-refractivity contribution in [3.05, 3.63) is 56.6 Å². The van der Waals surface area contributed by atoms with Gasteiger partial charge in [0.15, 0.2) is 33.3 Å². The quantitative estimate of drug-likeness (QED) is 0.0442. The van der Waals surface area contributed by atoms with Crippen LogP contribution in [0.4, 0.5) is 35.1 Å². The SMILES string of the molecule is CCCCCCCCc1nnc(-c2c(F)c(F)c3c(F)c4c(F)c(F)c(-c5nnc(CCCCCCCC)s5)c(F)c4c(F)c3c2F)s1. The Hall–Kier alpha value is -3.26. The van der Waals surface area contributed by atoms with E-state index in [0.29, 0.717) is 22.9 Å². The summed E-state index contributed by atoms with van der Waals surface area (Å²) in [5, 5.41) is 9.02. The molecule has 0 bridgehead atoms. The molecule has 0 unspecified atom stereocenters. The minimum Gasteiger partial charge on any atom is -0.205 e. The van der Waals surface area contributed by atoms with E-state index in [1.54, 1.807) is 0 Å². The Morgan fingerprint density at radius 1 is 0.375 bits per heavy atom. The molecule has 0 aliphatic rings. The summed E-state index contributed by atoms with van der Waals surface area (Å²) in [6, 6.07) is 0. The molecular weight excluding hydrogens is 681 g/mol. The standard InChI is InChI=1S/C34H34F8N4S2/c1-3-5-7-9-11-13-15-17-43-45-33(47-17)23-27(37)19-21(29(39)31(23)41)26(36)22-20(25(19)35)28(38)24(32(42)30(22)40)34-46-44-18(48-34)16-14-12-10-8-6-4-2/h3-16H2,1-2H3. The van der Waals surface area contributed by atoms with Crippen LogP contribution in [0.15, 0.2) is 0 Å². The lowest BCUT2D eigenvalue weighted by molar-refractivity contribution is 0.494. The molecule has 0 radical (unpaired) electrons. The van der Waals surface area contributed by atoms with E-state index in [-0.39, 0.29) is 0 Å². The minimum absolute atomic E-state index is 0.395. The maximum atomic E-state index is 16.1. The molecule has 2 aromatic heterocycles. The fraction of sp³-hybridized carbons (Fsp3) is 0.471. The monoisotopic (exact) mass is 714 g/mol. The molecule has 0 saturated heterocycles. The minimum atomic E-state index is -2.07. The maximum absolute atomic E-state index is 16.1. The number of fused-ring (bicyclic) bond motifs is 2. The Morgan fingerprint density at radius 3 is 1.08 bits per heavy atom. The molecule has 3 aromatic carbocycles. The van der Waals surface area contributed by atoms with Crippen molar-refractivity contribution in [3.63, 3.8) is 0 Å². The summed E-state index contributed by atoms with van der Waals surface area (Å²) < 4.78 is 125. The van der Waals surface area contributed by atoms with Gasteiger partial charge in [-0.05, 0) is 12.8 Å². The number of benzene rings is 3. The summed E-state index contributed by atoms with van der Waals surface area (Å²) in [4.78, 5) is 0. The molecule has 0 amide bonds. The maximum Gasteiger partial charge on any atom is 0.172 e. The lowest BCUT2D eigenvalue weighted by Crippen LogP contribution is -2.06. The second-order valence-corrected chi connectivity index (χ2v) is 13.9. The Labute approximate surface area is 280 Å². The Balaban J connectivity index is 1.55. The van der Waals surface area contributed by atoms with Gasteiger partial charge in [0.05, 0.1) is 32.7 Å². The van der Waals surface area contributed by atoms with Crippen molar-refractivity contribution >= 4 is 44.2 Å². The predicted molar refractivity (Wildman–Crippen MR) is 173 cm³/mol. The summed E-state index contributed by atoms with van der Waals surface area (Å²) in [5.74, 6) is -15.6. The van der Waals surface area contributed by atoms with E-state index in [0.717, 1.165) is 99.7 Å². The van der Waals surface area contributed by atoms with Crippen molar-refractivity contribution in [1.82, 2.24) is 20.4 Å². The van der Waals surface area contributed by atoms with E-state index >= 15 is 35.1 Å². The van der Waals surface area contributed by atoms with E-state index in [9.17, 15) is 0 Å². The van der Waals surface area contributed by atoms with Crippen molar-refractivity contribution in [2.45, 2.75) is 104 Å². The predicted octanol–water partition coefficient (Wildman–Crippen LogP) is 11.9. The third-order valence-corrected chi connectivity index (χ3v) is 10.4. The van der Waals surface area contributed by atoms with Crippen LogP contribution in [0.2, 0.25) is 0 Å². The molecule has 258 valence electrons. The van der Waals surface area contributed by atoms with Gasteiger partial charge < -0.3 is 0 Å². The topological polar surface area (TPSA) is 51.6 Å². The van der Waals surface area contributed by atoms with Crippen LogP contribution in [0, 0.1) is 46.5 Å². The van der Waals surface area contributed by atoms with Gasteiger partial charge in [0.1, 0.15) is 33.3 Å². The molecule has 0 aliphatic heterocycles. The lowest BCUT2D eigenvalue weighted by Gasteiger charge is -2.15. The smallest absolute Gasteiger partial charge is 0.172 e. The lowest BCUT2D eigenvalue weighted by atomic mass is 9.96. The number of unbranched alkanes of at least 4 members (excludes halogenated alkanes) is 10.